The van der Waals surface area contributed by atoms with Crippen LogP contribution in [0, 0.1) is 5.41 Å². The van der Waals surface area contributed by atoms with Crippen LogP contribution in [0.15, 0.2) is 0 Å². The molecule has 1 aliphatic carbocycles. The number of carbonyl (C=O) groups excluding carboxylic acids is 1. The number of amides is 2. The van der Waals surface area contributed by atoms with Crippen LogP contribution in [0.3, 0.4) is 0 Å². The molecule has 19 heavy (non-hydrogen) atoms. The van der Waals surface area contributed by atoms with Gasteiger partial charge >= 0.3 is 12.0 Å². The van der Waals surface area contributed by atoms with E-state index in [-0.39, 0.29) is 18.7 Å². The molecule has 2 amide bonds. The minimum absolute atomic E-state index is 0.150. The van der Waals surface area contributed by atoms with Crippen molar-refractivity contribution in [2.45, 2.75) is 38.7 Å². The normalized spacial score (nSPS) is 22.1. The van der Waals surface area contributed by atoms with Gasteiger partial charge in [-0.2, -0.15) is 0 Å². The Morgan fingerprint density at radius 3 is 2.47 bits per heavy atom. The molecule has 6 heteroatoms. The van der Waals surface area contributed by atoms with E-state index >= 15 is 0 Å². The molecule has 2 fully saturated rings. The van der Waals surface area contributed by atoms with Crippen LogP contribution in [0.4, 0.5) is 4.79 Å². The highest BCUT2D eigenvalue weighted by atomic mass is 16.5. The summed E-state index contributed by atoms with van der Waals surface area (Å²) in [5.41, 5.74) is -0.695. The monoisotopic (exact) mass is 270 g/mol. The van der Waals surface area contributed by atoms with E-state index in [4.69, 9.17) is 9.84 Å². The second-order valence-corrected chi connectivity index (χ2v) is 5.39. The molecule has 2 N–H and O–H groups in total. The van der Waals surface area contributed by atoms with Gasteiger partial charge in [-0.15, -0.1) is 0 Å². The molecule has 2 aliphatic rings. The predicted octanol–water partition coefficient (Wildman–Crippen LogP) is 1.06. The topological polar surface area (TPSA) is 78.9 Å². The van der Waals surface area contributed by atoms with E-state index in [0.29, 0.717) is 32.5 Å². The van der Waals surface area contributed by atoms with Crippen LogP contribution in [0.25, 0.3) is 0 Å². The Hall–Kier alpha value is -1.30. The molecule has 0 aromatic rings. The summed E-state index contributed by atoms with van der Waals surface area (Å²) in [4.78, 5) is 24.7. The first kappa shape index (κ1) is 14.1. The van der Waals surface area contributed by atoms with Crippen LogP contribution >= 0.6 is 0 Å². The third-order valence-electron chi connectivity index (χ3n) is 4.02. The number of urea groups is 1. The van der Waals surface area contributed by atoms with Gasteiger partial charge in [0.2, 0.25) is 0 Å². The maximum absolute atomic E-state index is 11.9. The van der Waals surface area contributed by atoms with Crippen molar-refractivity contribution in [3.8, 4) is 0 Å². The van der Waals surface area contributed by atoms with Crippen molar-refractivity contribution in [2.75, 3.05) is 26.2 Å². The molecular weight excluding hydrogens is 248 g/mol. The smallest absolute Gasteiger partial charge is 0.317 e. The van der Waals surface area contributed by atoms with E-state index in [1.807, 2.05) is 6.92 Å². The minimum Gasteiger partial charge on any atom is -0.481 e. The Morgan fingerprint density at radius 2 is 2.00 bits per heavy atom. The number of likely N-dealkylation sites (tertiary alicyclic amines) is 1. The molecule has 0 aromatic carbocycles. The molecule has 0 radical (unpaired) electrons. The van der Waals surface area contributed by atoms with Gasteiger partial charge in [-0.25, -0.2) is 4.79 Å². The van der Waals surface area contributed by atoms with Gasteiger partial charge in [-0.05, 0) is 32.6 Å². The molecule has 0 spiro atoms. The number of nitrogens with zero attached hydrogens (tertiary/aromatic N) is 1. The SMILES string of the molecule is CCOC1CCN(C(=O)NCC2(C(=O)O)CC2)CC1. The van der Waals surface area contributed by atoms with E-state index in [0.717, 1.165) is 12.8 Å². The minimum atomic E-state index is -0.803. The number of ether oxygens (including phenoxy) is 1. The first-order valence-corrected chi connectivity index (χ1v) is 6.95. The highest BCUT2D eigenvalue weighted by Crippen LogP contribution is 2.45. The van der Waals surface area contributed by atoms with E-state index in [2.05, 4.69) is 5.32 Å². The number of hydrogen-bond donors (Lipinski definition) is 2. The van der Waals surface area contributed by atoms with E-state index in [9.17, 15) is 9.59 Å². The first-order chi connectivity index (χ1) is 9.07. The van der Waals surface area contributed by atoms with Crippen molar-refractivity contribution in [1.82, 2.24) is 10.2 Å². The van der Waals surface area contributed by atoms with Gasteiger partial charge in [0.1, 0.15) is 0 Å². The van der Waals surface area contributed by atoms with Crippen molar-refractivity contribution in [1.29, 1.82) is 0 Å². The summed E-state index contributed by atoms with van der Waals surface area (Å²) < 4.78 is 5.53. The molecule has 0 bridgehead atoms. The number of hydrogen-bond acceptors (Lipinski definition) is 3. The van der Waals surface area contributed by atoms with E-state index in [1.54, 1.807) is 4.90 Å². The zero-order chi connectivity index (χ0) is 13.9. The lowest BCUT2D eigenvalue weighted by Gasteiger charge is -2.32. The fourth-order valence-electron chi connectivity index (χ4n) is 2.44. The second-order valence-electron chi connectivity index (χ2n) is 5.39. The predicted molar refractivity (Wildman–Crippen MR) is 68.9 cm³/mol. The standard InChI is InChI=1S/C13H22N2O4/c1-2-19-10-3-7-15(8-4-10)12(18)14-9-13(5-6-13)11(16)17/h10H,2-9H2,1H3,(H,14,18)(H,16,17). The van der Waals surface area contributed by atoms with Crippen molar-refractivity contribution >= 4 is 12.0 Å². The highest BCUT2D eigenvalue weighted by molar-refractivity contribution is 5.80. The molecule has 1 aliphatic heterocycles. The quantitative estimate of drug-likeness (QED) is 0.783. The Bertz CT molecular complexity index is 347. The van der Waals surface area contributed by atoms with Gasteiger partial charge in [-0.3, -0.25) is 4.79 Å². The Balaban J connectivity index is 1.71. The molecule has 2 rings (SSSR count). The van der Waals surface area contributed by atoms with Gasteiger partial charge < -0.3 is 20.1 Å². The molecule has 0 unspecified atom stereocenters. The summed E-state index contributed by atoms with van der Waals surface area (Å²) in [5, 5.41) is 11.8. The maximum Gasteiger partial charge on any atom is 0.317 e. The van der Waals surface area contributed by atoms with Gasteiger partial charge in [-0.1, -0.05) is 0 Å². The lowest BCUT2D eigenvalue weighted by atomic mass is 10.1. The van der Waals surface area contributed by atoms with Crippen LogP contribution in [-0.4, -0.2) is 54.4 Å². The summed E-state index contributed by atoms with van der Waals surface area (Å²) >= 11 is 0. The van der Waals surface area contributed by atoms with Crippen LogP contribution in [0.1, 0.15) is 32.6 Å². The summed E-state index contributed by atoms with van der Waals surface area (Å²) in [7, 11) is 0. The average Bonchev–Trinajstić information content (AvgIpc) is 3.18. The number of carboxylic acid groups (broad SMARTS) is 1. The lowest BCUT2D eigenvalue weighted by Crippen LogP contribution is -2.47. The molecule has 0 aromatic heterocycles. The third-order valence-corrected chi connectivity index (χ3v) is 4.02. The van der Waals surface area contributed by atoms with Crippen molar-refractivity contribution in [2.24, 2.45) is 5.41 Å². The first-order valence-electron chi connectivity index (χ1n) is 6.95. The average molecular weight is 270 g/mol. The van der Waals surface area contributed by atoms with Crippen molar-refractivity contribution in [3.05, 3.63) is 0 Å². The Morgan fingerprint density at radius 1 is 1.37 bits per heavy atom. The molecule has 108 valence electrons. The number of rotatable bonds is 5. The van der Waals surface area contributed by atoms with Gasteiger partial charge in [0.05, 0.1) is 11.5 Å². The molecule has 0 atom stereocenters. The number of piperidine rings is 1. The number of aliphatic carboxylic acids is 1. The highest BCUT2D eigenvalue weighted by Gasteiger charge is 2.50. The summed E-state index contributed by atoms with van der Waals surface area (Å²) in [6, 6.07) is -0.150. The Labute approximate surface area is 113 Å². The van der Waals surface area contributed by atoms with Crippen molar-refractivity contribution in [3.63, 3.8) is 0 Å². The summed E-state index contributed by atoms with van der Waals surface area (Å²) in [6.07, 6.45) is 3.28. The zero-order valence-electron chi connectivity index (χ0n) is 11.4. The lowest BCUT2D eigenvalue weighted by molar-refractivity contribution is -0.143. The summed E-state index contributed by atoms with van der Waals surface area (Å²) in [6.45, 7) is 4.28. The van der Waals surface area contributed by atoms with Crippen molar-refractivity contribution < 1.29 is 19.4 Å². The molecule has 1 saturated heterocycles. The molecule has 1 heterocycles. The summed E-state index contributed by atoms with van der Waals surface area (Å²) in [5.74, 6) is -0.803. The van der Waals surface area contributed by atoms with Crippen LogP contribution in [0.5, 0.6) is 0 Å². The second kappa shape index (κ2) is 5.77. The number of carboxylic acids is 1. The largest absolute Gasteiger partial charge is 0.481 e. The molecule has 6 nitrogen and oxygen atoms in total. The van der Waals surface area contributed by atoms with E-state index in [1.165, 1.54) is 0 Å². The Kier molecular flexibility index (Phi) is 4.29. The van der Waals surface area contributed by atoms with Crippen LogP contribution in [0.2, 0.25) is 0 Å². The van der Waals surface area contributed by atoms with Gasteiger partial charge in [0.25, 0.3) is 0 Å². The zero-order valence-corrected chi connectivity index (χ0v) is 11.4. The van der Waals surface area contributed by atoms with Crippen LogP contribution in [-0.2, 0) is 9.53 Å². The number of nitrogens with one attached hydrogen (secondary N) is 1. The fraction of sp³-hybridized carbons (Fsp3) is 0.846. The fourth-order valence-corrected chi connectivity index (χ4v) is 2.44. The number of carbonyl (C=O) groups is 2. The van der Waals surface area contributed by atoms with Gasteiger partial charge in [0.15, 0.2) is 0 Å². The maximum atomic E-state index is 11.9. The molecule has 1 saturated carbocycles. The third kappa shape index (κ3) is 3.37. The van der Waals surface area contributed by atoms with Gasteiger partial charge in [0, 0.05) is 26.2 Å². The molecular formula is C13H22N2O4. The van der Waals surface area contributed by atoms with Crippen LogP contribution < -0.4 is 5.32 Å². The van der Waals surface area contributed by atoms with E-state index < -0.39 is 11.4 Å².